The van der Waals surface area contributed by atoms with Crippen molar-refractivity contribution in [2.24, 2.45) is 0 Å². The lowest BCUT2D eigenvalue weighted by molar-refractivity contribution is -0.113. The van der Waals surface area contributed by atoms with E-state index >= 15 is 0 Å². The molecule has 3 aromatic carbocycles. The molecule has 0 spiro atoms. The number of carbonyl (C=O) groups is 1. The quantitative estimate of drug-likeness (QED) is 0.470. The van der Waals surface area contributed by atoms with Crippen molar-refractivity contribution in [2.75, 3.05) is 11.1 Å². The Bertz CT molecular complexity index is 1060. The average Bonchev–Trinajstić information content (AvgIpc) is 3.14. The number of anilines is 1. The van der Waals surface area contributed by atoms with Crippen molar-refractivity contribution >= 4 is 34.5 Å². The highest BCUT2D eigenvalue weighted by Crippen LogP contribution is 2.25. The Morgan fingerprint density at radius 3 is 2.50 bits per heavy atom. The summed E-state index contributed by atoms with van der Waals surface area (Å²) in [6.07, 6.45) is 0. The summed E-state index contributed by atoms with van der Waals surface area (Å²) in [5, 5.41) is 2.87. The van der Waals surface area contributed by atoms with E-state index in [1.54, 1.807) is 12.1 Å². The molecule has 6 heteroatoms. The summed E-state index contributed by atoms with van der Waals surface area (Å²) in [6, 6.07) is 21.3. The SMILES string of the molecule is O=C(CSCc1ccc(F)cc1)Nc1ccc(-c2nc3ccccc3o2)cc1. The Hall–Kier alpha value is -3.12. The van der Waals surface area contributed by atoms with E-state index in [4.69, 9.17) is 4.42 Å². The Labute approximate surface area is 165 Å². The predicted molar refractivity (Wildman–Crippen MR) is 111 cm³/mol. The maximum absolute atomic E-state index is 12.9. The van der Waals surface area contributed by atoms with Crippen LogP contribution in [0.1, 0.15) is 5.56 Å². The lowest BCUT2D eigenvalue weighted by atomic mass is 10.2. The Morgan fingerprint density at radius 1 is 1.00 bits per heavy atom. The summed E-state index contributed by atoms with van der Waals surface area (Å²) in [4.78, 5) is 16.6. The van der Waals surface area contributed by atoms with E-state index in [9.17, 15) is 9.18 Å². The molecule has 0 unspecified atom stereocenters. The van der Waals surface area contributed by atoms with Crippen LogP contribution < -0.4 is 5.32 Å². The highest BCUT2D eigenvalue weighted by atomic mass is 32.2. The van der Waals surface area contributed by atoms with E-state index in [1.165, 1.54) is 23.9 Å². The van der Waals surface area contributed by atoms with E-state index in [-0.39, 0.29) is 11.7 Å². The Balaban J connectivity index is 1.32. The number of amides is 1. The van der Waals surface area contributed by atoms with E-state index in [0.717, 1.165) is 22.2 Å². The van der Waals surface area contributed by atoms with Gasteiger partial charge >= 0.3 is 0 Å². The lowest BCUT2D eigenvalue weighted by Gasteiger charge is -2.06. The van der Waals surface area contributed by atoms with Gasteiger partial charge in [-0.1, -0.05) is 24.3 Å². The van der Waals surface area contributed by atoms with Gasteiger partial charge in [0.25, 0.3) is 0 Å². The minimum atomic E-state index is -0.257. The van der Waals surface area contributed by atoms with Crippen LogP contribution in [0.2, 0.25) is 0 Å². The third-order valence-corrected chi connectivity index (χ3v) is 5.13. The van der Waals surface area contributed by atoms with Gasteiger partial charge in [-0.15, -0.1) is 11.8 Å². The zero-order valence-electron chi connectivity index (χ0n) is 14.9. The number of hydrogen-bond acceptors (Lipinski definition) is 4. The van der Waals surface area contributed by atoms with Crippen LogP contribution in [0.15, 0.2) is 77.2 Å². The fraction of sp³-hybridized carbons (Fsp3) is 0.0909. The molecule has 0 saturated heterocycles. The van der Waals surface area contributed by atoms with Crippen molar-refractivity contribution in [3.63, 3.8) is 0 Å². The van der Waals surface area contributed by atoms with Crippen LogP contribution in [0.25, 0.3) is 22.6 Å². The molecule has 0 fully saturated rings. The van der Waals surface area contributed by atoms with Gasteiger partial charge in [0.1, 0.15) is 11.3 Å². The number of nitrogens with one attached hydrogen (secondary N) is 1. The predicted octanol–water partition coefficient (Wildman–Crippen LogP) is 5.51. The van der Waals surface area contributed by atoms with Crippen molar-refractivity contribution < 1.29 is 13.6 Å². The first kappa shape index (κ1) is 18.3. The first-order valence-corrected chi connectivity index (χ1v) is 9.91. The van der Waals surface area contributed by atoms with Gasteiger partial charge < -0.3 is 9.73 Å². The van der Waals surface area contributed by atoms with E-state index in [0.29, 0.717) is 23.1 Å². The largest absolute Gasteiger partial charge is 0.436 e. The smallest absolute Gasteiger partial charge is 0.234 e. The van der Waals surface area contributed by atoms with Crippen molar-refractivity contribution in [3.8, 4) is 11.5 Å². The normalized spacial score (nSPS) is 10.9. The molecule has 1 aromatic heterocycles. The van der Waals surface area contributed by atoms with Crippen LogP contribution in [0.5, 0.6) is 0 Å². The molecule has 0 saturated carbocycles. The zero-order chi connectivity index (χ0) is 19.3. The highest BCUT2D eigenvalue weighted by Gasteiger charge is 2.08. The second kappa shape index (κ2) is 8.27. The number of carbonyl (C=O) groups excluding carboxylic acids is 1. The number of nitrogens with zero attached hydrogens (tertiary/aromatic N) is 1. The van der Waals surface area contributed by atoms with Gasteiger partial charge in [-0.2, -0.15) is 0 Å². The zero-order valence-corrected chi connectivity index (χ0v) is 15.7. The summed E-state index contributed by atoms with van der Waals surface area (Å²) in [6.45, 7) is 0. The Kier molecular flexibility index (Phi) is 5.39. The molecular weight excluding hydrogens is 375 g/mol. The molecule has 1 heterocycles. The second-order valence-corrected chi connectivity index (χ2v) is 7.22. The molecule has 4 rings (SSSR count). The van der Waals surface area contributed by atoms with Gasteiger partial charge in [0.15, 0.2) is 5.58 Å². The lowest BCUT2D eigenvalue weighted by Crippen LogP contribution is -2.14. The van der Waals surface area contributed by atoms with Crippen molar-refractivity contribution in [1.29, 1.82) is 0 Å². The van der Waals surface area contributed by atoms with Crippen LogP contribution in [-0.2, 0) is 10.5 Å². The summed E-state index contributed by atoms with van der Waals surface area (Å²) < 4.78 is 18.6. The molecule has 0 radical (unpaired) electrons. The van der Waals surface area contributed by atoms with Gasteiger partial charge in [-0.05, 0) is 54.1 Å². The standard InChI is InChI=1S/C22H17FN2O2S/c23-17-9-5-15(6-10-17)13-28-14-21(26)24-18-11-7-16(8-12-18)22-25-19-3-1-2-4-20(19)27-22/h1-12H,13-14H2,(H,24,26). The molecule has 0 aliphatic carbocycles. The molecular formula is C22H17FN2O2S. The van der Waals surface area contributed by atoms with Crippen molar-refractivity contribution in [2.45, 2.75) is 5.75 Å². The number of hydrogen-bond donors (Lipinski definition) is 1. The first-order valence-electron chi connectivity index (χ1n) is 8.75. The molecule has 4 nitrogen and oxygen atoms in total. The minimum Gasteiger partial charge on any atom is -0.436 e. The first-order chi connectivity index (χ1) is 13.7. The maximum Gasteiger partial charge on any atom is 0.234 e. The second-order valence-electron chi connectivity index (χ2n) is 6.23. The fourth-order valence-electron chi connectivity index (χ4n) is 2.73. The fourth-order valence-corrected chi connectivity index (χ4v) is 3.52. The number of benzene rings is 3. The van der Waals surface area contributed by atoms with Gasteiger partial charge in [-0.25, -0.2) is 9.37 Å². The van der Waals surface area contributed by atoms with Crippen LogP contribution in [-0.4, -0.2) is 16.6 Å². The van der Waals surface area contributed by atoms with Crippen molar-refractivity contribution in [3.05, 3.63) is 84.2 Å². The number of rotatable bonds is 6. The molecule has 140 valence electrons. The topological polar surface area (TPSA) is 55.1 Å². The summed E-state index contributed by atoms with van der Waals surface area (Å²) >= 11 is 1.48. The molecule has 0 atom stereocenters. The Morgan fingerprint density at radius 2 is 1.75 bits per heavy atom. The summed E-state index contributed by atoms with van der Waals surface area (Å²) in [5.41, 5.74) is 4.11. The number of fused-ring (bicyclic) bond motifs is 1. The average molecular weight is 392 g/mol. The third-order valence-electron chi connectivity index (χ3n) is 4.12. The number of oxazole rings is 1. The van der Waals surface area contributed by atoms with Crippen LogP contribution in [0.4, 0.5) is 10.1 Å². The van der Waals surface area contributed by atoms with Gasteiger partial charge in [0.2, 0.25) is 11.8 Å². The van der Waals surface area contributed by atoms with E-state index in [2.05, 4.69) is 10.3 Å². The van der Waals surface area contributed by atoms with Gasteiger partial charge in [0.05, 0.1) is 5.75 Å². The van der Waals surface area contributed by atoms with Gasteiger partial charge in [0, 0.05) is 17.0 Å². The number of aromatic nitrogens is 1. The summed E-state index contributed by atoms with van der Waals surface area (Å²) in [5.74, 6) is 1.19. The molecule has 0 bridgehead atoms. The monoisotopic (exact) mass is 392 g/mol. The molecule has 1 N–H and O–H groups in total. The van der Waals surface area contributed by atoms with Crippen molar-refractivity contribution in [1.82, 2.24) is 4.98 Å². The molecule has 1 amide bonds. The van der Waals surface area contributed by atoms with Gasteiger partial charge in [-0.3, -0.25) is 4.79 Å². The summed E-state index contributed by atoms with van der Waals surface area (Å²) in [7, 11) is 0. The molecule has 28 heavy (non-hydrogen) atoms. The molecule has 4 aromatic rings. The number of para-hydroxylation sites is 2. The van der Waals surface area contributed by atoms with Crippen LogP contribution in [0, 0.1) is 5.82 Å². The highest BCUT2D eigenvalue weighted by molar-refractivity contribution is 7.99. The van der Waals surface area contributed by atoms with E-state index in [1.807, 2.05) is 48.5 Å². The molecule has 0 aliphatic heterocycles. The maximum atomic E-state index is 12.9. The van der Waals surface area contributed by atoms with E-state index < -0.39 is 0 Å². The minimum absolute atomic E-state index is 0.0817. The number of halogens is 1. The number of thioether (sulfide) groups is 1. The van der Waals surface area contributed by atoms with Crippen LogP contribution in [0.3, 0.4) is 0 Å². The molecule has 0 aliphatic rings. The van der Waals surface area contributed by atoms with Crippen LogP contribution >= 0.6 is 11.8 Å². The third kappa shape index (κ3) is 4.40.